The average Bonchev–Trinajstić information content (AvgIpc) is 3.19. The third kappa shape index (κ3) is 3.63. The van der Waals surface area contributed by atoms with Gasteiger partial charge in [0, 0.05) is 16.1 Å². The highest BCUT2D eigenvalue weighted by Gasteiger charge is 2.36. The Morgan fingerprint density at radius 1 is 0.750 bits per heavy atom. The van der Waals surface area contributed by atoms with Crippen LogP contribution in [0, 0.1) is 0 Å². The van der Waals surface area contributed by atoms with E-state index < -0.39 is 11.7 Å². The SMILES string of the molecule is FC(F)(F)c1cc(-c2ccccc2)nc2c1c(-c1ccc(Cl)cc1)nn2-c1ccccc1. The molecule has 32 heavy (non-hydrogen) atoms. The molecule has 0 atom stereocenters. The van der Waals surface area contributed by atoms with Gasteiger partial charge < -0.3 is 0 Å². The zero-order valence-corrected chi connectivity index (χ0v) is 17.3. The number of halogens is 4. The van der Waals surface area contributed by atoms with Gasteiger partial charge in [-0.2, -0.15) is 18.3 Å². The van der Waals surface area contributed by atoms with Crippen molar-refractivity contribution >= 4 is 22.6 Å². The molecule has 7 heteroatoms. The first-order valence-electron chi connectivity index (χ1n) is 9.79. The Labute approximate surface area is 186 Å². The van der Waals surface area contributed by atoms with Crippen molar-refractivity contribution < 1.29 is 13.2 Å². The number of nitrogens with zero attached hydrogens (tertiary/aromatic N) is 3. The second kappa shape index (κ2) is 7.80. The lowest BCUT2D eigenvalue weighted by Gasteiger charge is -2.12. The van der Waals surface area contributed by atoms with Crippen molar-refractivity contribution in [3.05, 3.63) is 102 Å². The van der Waals surface area contributed by atoms with Gasteiger partial charge in [0.1, 0.15) is 5.69 Å². The lowest BCUT2D eigenvalue weighted by molar-refractivity contribution is -0.136. The fourth-order valence-electron chi connectivity index (χ4n) is 3.66. The fraction of sp³-hybridized carbons (Fsp3) is 0.0400. The topological polar surface area (TPSA) is 30.7 Å². The molecule has 3 aromatic carbocycles. The Kier molecular flexibility index (Phi) is 4.94. The molecule has 2 heterocycles. The molecule has 5 rings (SSSR count). The Balaban J connectivity index is 1.90. The van der Waals surface area contributed by atoms with Crippen molar-refractivity contribution in [2.45, 2.75) is 6.18 Å². The third-order valence-corrected chi connectivity index (χ3v) is 5.38. The summed E-state index contributed by atoms with van der Waals surface area (Å²) in [6.07, 6.45) is -4.60. The molecule has 0 spiro atoms. The fourth-order valence-corrected chi connectivity index (χ4v) is 3.78. The number of pyridine rings is 1. The van der Waals surface area contributed by atoms with E-state index in [2.05, 4.69) is 10.1 Å². The summed E-state index contributed by atoms with van der Waals surface area (Å²) in [5.41, 5.74) is 1.50. The van der Waals surface area contributed by atoms with Gasteiger partial charge in [-0.05, 0) is 30.3 Å². The largest absolute Gasteiger partial charge is 0.417 e. The van der Waals surface area contributed by atoms with E-state index in [0.717, 1.165) is 6.07 Å². The highest BCUT2D eigenvalue weighted by atomic mass is 35.5. The summed E-state index contributed by atoms with van der Waals surface area (Å²) in [6.45, 7) is 0. The summed E-state index contributed by atoms with van der Waals surface area (Å²) in [4.78, 5) is 4.63. The molecule has 0 N–H and O–H groups in total. The van der Waals surface area contributed by atoms with E-state index in [1.54, 1.807) is 78.9 Å². The number of aromatic nitrogens is 3. The van der Waals surface area contributed by atoms with Crippen LogP contribution in [-0.2, 0) is 6.18 Å². The summed E-state index contributed by atoms with van der Waals surface area (Å²) in [7, 11) is 0. The molecule has 0 amide bonds. The van der Waals surface area contributed by atoms with Crippen molar-refractivity contribution in [1.29, 1.82) is 0 Å². The molecule has 3 nitrogen and oxygen atoms in total. The molecule has 0 unspecified atom stereocenters. The zero-order valence-electron chi connectivity index (χ0n) is 16.5. The summed E-state index contributed by atoms with van der Waals surface area (Å²) in [6, 6.07) is 25.5. The minimum Gasteiger partial charge on any atom is -0.228 e. The number of fused-ring (bicyclic) bond motifs is 1. The first kappa shape index (κ1) is 20.3. The number of rotatable bonds is 3. The molecule has 5 aromatic rings. The van der Waals surface area contributed by atoms with Crippen molar-refractivity contribution in [3.8, 4) is 28.2 Å². The Hall–Kier alpha value is -3.64. The highest BCUT2D eigenvalue weighted by Crippen LogP contribution is 2.41. The van der Waals surface area contributed by atoms with Crippen LogP contribution in [-0.4, -0.2) is 14.8 Å². The number of alkyl halides is 3. The second-order valence-corrected chi connectivity index (χ2v) is 7.66. The zero-order chi connectivity index (χ0) is 22.3. The maximum absolute atomic E-state index is 14.3. The molecule has 0 aliphatic rings. The number of hydrogen-bond acceptors (Lipinski definition) is 2. The van der Waals surface area contributed by atoms with E-state index in [-0.39, 0.29) is 22.4 Å². The van der Waals surface area contributed by atoms with Gasteiger partial charge in [-0.3, -0.25) is 0 Å². The minimum absolute atomic E-state index is 0.0524. The molecule has 0 saturated carbocycles. The van der Waals surface area contributed by atoms with Crippen LogP contribution in [0.4, 0.5) is 13.2 Å². The van der Waals surface area contributed by atoms with E-state index in [9.17, 15) is 13.2 Å². The van der Waals surface area contributed by atoms with E-state index >= 15 is 0 Å². The van der Waals surface area contributed by atoms with Crippen LogP contribution >= 0.6 is 11.6 Å². The maximum Gasteiger partial charge on any atom is 0.417 e. The van der Waals surface area contributed by atoms with Crippen LogP contribution in [0.3, 0.4) is 0 Å². The summed E-state index contributed by atoms with van der Waals surface area (Å²) in [5, 5.41) is 5.01. The van der Waals surface area contributed by atoms with Gasteiger partial charge in [-0.1, -0.05) is 72.3 Å². The standard InChI is InChI=1S/C25H15ClF3N3/c26-18-13-11-17(12-14-18)23-22-20(25(27,28)29)15-21(16-7-3-1-4-8-16)30-24(22)32(31-23)19-9-5-2-6-10-19/h1-15H. The van der Waals surface area contributed by atoms with Crippen molar-refractivity contribution in [2.75, 3.05) is 0 Å². The normalized spacial score (nSPS) is 11.8. The van der Waals surface area contributed by atoms with Crippen molar-refractivity contribution in [2.24, 2.45) is 0 Å². The Morgan fingerprint density at radius 2 is 1.38 bits per heavy atom. The van der Waals surface area contributed by atoms with Gasteiger partial charge in [0.25, 0.3) is 0 Å². The molecule has 0 radical (unpaired) electrons. The Morgan fingerprint density at radius 3 is 2.00 bits per heavy atom. The molecule has 0 aliphatic heterocycles. The lowest BCUT2D eigenvalue weighted by Crippen LogP contribution is -2.08. The molecule has 0 fully saturated rings. The minimum atomic E-state index is -4.60. The number of hydrogen-bond donors (Lipinski definition) is 0. The monoisotopic (exact) mass is 449 g/mol. The van der Waals surface area contributed by atoms with Crippen LogP contribution in [0.25, 0.3) is 39.2 Å². The smallest absolute Gasteiger partial charge is 0.228 e. The van der Waals surface area contributed by atoms with Crippen LogP contribution in [0.2, 0.25) is 5.02 Å². The van der Waals surface area contributed by atoms with Gasteiger partial charge >= 0.3 is 6.18 Å². The highest BCUT2D eigenvalue weighted by molar-refractivity contribution is 6.30. The number of para-hydroxylation sites is 1. The molecule has 0 saturated heterocycles. The number of benzene rings is 3. The van der Waals surface area contributed by atoms with E-state index in [1.165, 1.54) is 4.68 Å². The van der Waals surface area contributed by atoms with E-state index in [4.69, 9.17) is 11.6 Å². The predicted molar refractivity (Wildman–Crippen MR) is 120 cm³/mol. The lowest BCUT2D eigenvalue weighted by atomic mass is 10.0. The van der Waals surface area contributed by atoms with E-state index in [1.807, 2.05) is 6.07 Å². The third-order valence-electron chi connectivity index (χ3n) is 5.13. The van der Waals surface area contributed by atoms with Gasteiger partial charge in [-0.25, -0.2) is 9.67 Å². The molecule has 0 bridgehead atoms. The maximum atomic E-state index is 14.3. The molecule has 2 aromatic heterocycles. The first-order valence-corrected chi connectivity index (χ1v) is 10.2. The summed E-state index contributed by atoms with van der Waals surface area (Å²) >= 11 is 5.99. The van der Waals surface area contributed by atoms with Gasteiger partial charge in [-0.15, -0.1) is 0 Å². The summed E-state index contributed by atoms with van der Waals surface area (Å²) < 4.78 is 44.4. The van der Waals surface area contributed by atoms with E-state index in [0.29, 0.717) is 21.8 Å². The first-order chi connectivity index (χ1) is 15.4. The molecular formula is C25H15ClF3N3. The second-order valence-electron chi connectivity index (χ2n) is 7.22. The van der Waals surface area contributed by atoms with Gasteiger partial charge in [0.2, 0.25) is 0 Å². The quantitative estimate of drug-likeness (QED) is 0.287. The predicted octanol–water partition coefficient (Wildman–Crippen LogP) is 7.43. The molecular weight excluding hydrogens is 435 g/mol. The average molecular weight is 450 g/mol. The van der Waals surface area contributed by atoms with Gasteiger partial charge in [0.15, 0.2) is 5.65 Å². The van der Waals surface area contributed by atoms with Crippen LogP contribution in [0.15, 0.2) is 91.0 Å². The van der Waals surface area contributed by atoms with Gasteiger partial charge in [0.05, 0.1) is 22.3 Å². The van der Waals surface area contributed by atoms with Crippen molar-refractivity contribution in [1.82, 2.24) is 14.8 Å². The molecule has 0 aliphatic carbocycles. The van der Waals surface area contributed by atoms with Crippen LogP contribution in [0.5, 0.6) is 0 Å². The Bertz CT molecular complexity index is 1390. The van der Waals surface area contributed by atoms with Crippen molar-refractivity contribution in [3.63, 3.8) is 0 Å². The van der Waals surface area contributed by atoms with Crippen LogP contribution in [0.1, 0.15) is 5.56 Å². The molecule has 158 valence electrons. The van der Waals surface area contributed by atoms with Crippen LogP contribution < -0.4 is 0 Å². The summed E-state index contributed by atoms with van der Waals surface area (Å²) in [5.74, 6) is 0.